The Labute approximate surface area is 83.6 Å². The van der Waals surface area contributed by atoms with Crippen LogP contribution in [0.15, 0.2) is 29.6 Å². The molecule has 0 aliphatic carbocycles. The van der Waals surface area contributed by atoms with Crippen LogP contribution in [0.5, 0.6) is 0 Å². The van der Waals surface area contributed by atoms with E-state index in [9.17, 15) is 0 Å². The fraction of sp³-hybridized carbons (Fsp3) is 0. The van der Waals surface area contributed by atoms with E-state index < -0.39 is 0 Å². The smallest absolute Gasteiger partial charge is 0.177 e. The molecule has 0 aliphatic heterocycles. The number of aromatic nitrogens is 4. The van der Waals surface area contributed by atoms with Crippen molar-refractivity contribution < 1.29 is 0 Å². The highest BCUT2D eigenvalue weighted by Crippen LogP contribution is 2.25. The Morgan fingerprint density at radius 1 is 1.21 bits per heavy atom. The summed E-state index contributed by atoms with van der Waals surface area (Å²) in [6.07, 6.45) is 0. The van der Waals surface area contributed by atoms with E-state index in [1.165, 1.54) is 10.1 Å². The minimum absolute atomic E-state index is 0.637. The number of fused-ring (bicyclic) bond motifs is 1. The third kappa shape index (κ3) is 1.10. The molecule has 5 heteroatoms. The number of benzene rings is 1. The molecular formula is C9H6N4S. The Morgan fingerprint density at radius 2 is 2.21 bits per heavy atom. The number of hydrogen-bond acceptors (Lipinski definition) is 4. The predicted molar refractivity (Wildman–Crippen MR) is 55.0 cm³/mol. The van der Waals surface area contributed by atoms with Crippen molar-refractivity contribution in [3.05, 3.63) is 29.6 Å². The Balaban J connectivity index is 2.23. The summed E-state index contributed by atoms with van der Waals surface area (Å²) >= 11 is 1.73. The average Bonchev–Trinajstić information content (AvgIpc) is 2.88. The van der Waals surface area contributed by atoms with Crippen LogP contribution in [0.3, 0.4) is 0 Å². The average molecular weight is 202 g/mol. The normalized spacial score (nSPS) is 10.9. The van der Waals surface area contributed by atoms with E-state index in [4.69, 9.17) is 0 Å². The van der Waals surface area contributed by atoms with Gasteiger partial charge in [0, 0.05) is 10.3 Å². The Hall–Kier alpha value is -1.75. The number of aromatic amines is 1. The van der Waals surface area contributed by atoms with Gasteiger partial charge in [-0.25, -0.2) is 0 Å². The van der Waals surface area contributed by atoms with Crippen LogP contribution >= 0.6 is 11.3 Å². The molecule has 0 aliphatic rings. The highest BCUT2D eigenvalue weighted by molar-refractivity contribution is 7.17. The molecule has 0 atom stereocenters. The summed E-state index contributed by atoms with van der Waals surface area (Å²) in [5.74, 6) is 0.637. The third-order valence-corrected chi connectivity index (χ3v) is 2.95. The predicted octanol–water partition coefficient (Wildman–Crippen LogP) is 2.08. The van der Waals surface area contributed by atoms with Gasteiger partial charge in [0.2, 0.25) is 5.82 Å². The van der Waals surface area contributed by atoms with E-state index in [1.807, 2.05) is 6.07 Å². The molecule has 0 unspecified atom stereocenters. The molecule has 4 nitrogen and oxygen atoms in total. The standard InChI is InChI=1S/C9H6N4S/c1-2-8-6(3-4-14-8)5-7(1)9-10-12-13-11-9/h1-5H,(H,10,11,12,13). The van der Waals surface area contributed by atoms with E-state index in [0.29, 0.717) is 5.82 Å². The van der Waals surface area contributed by atoms with Crippen molar-refractivity contribution in [3.63, 3.8) is 0 Å². The van der Waals surface area contributed by atoms with Gasteiger partial charge in [0.25, 0.3) is 0 Å². The number of H-pyrrole nitrogens is 1. The van der Waals surface area contributed by atoms with E-state index >= 15 is 0 Å². The lowest BCUT2D eigenvalue weighted by atomic mass is 10.1. The summed E-state index contributed by atoms with van der Waals surface area (Å²) in [6, 6.07) is 8.23. The minimum atomic E-state index is 0.637. The largest absolute Gasteiger partial charge is 0.204 e. The van der Waals surface area contributed by atoms with Gasteiger partial charge in [-0.05, 0) is 40.2 Å². The Kier molecular flexibility index (Phi) is 1.57. The molecule has 0 spiro atoms. The van der Waals surface area contributed by atoms with Crippen molar-refractivity contribution in [1.29, 1.82) is 0 Å². The molecule has 0 amide bonds. The maximum Gasteiger partial charge on any atom is 0.204 e. The minimum Gasteiger partial charge on any atom is -0.177 e. The highest BCUT2D eigenvalue weighted by Gasteiger charge is 2.03. The Morgan fingerprint density at radius 3 is 3.07 bits per heavy atom. The van der Waals surface area contributed by atoms with Crippen LogP contribution in [0.2, 0.25) is 0 Å². The molecule has 1 aromatic carbocycles. The van der Waals surface area contributed by atoms with E-state index in [1.54, 1.807) is 11.3 Å². The van der Waals surface area contributed by atoms with Gasteiger partial charge in [0.15, 0.2) is 0 Å². The van der Waals surface area contributed by atoms with E-state index in [2.05, 4.69) is 44.2 Å². The first-order valence-electron chi connectivity index (χ1n) is 4.14. The maximum atomic E-state index is 3.93. The van der Waals surface area contributed by atoms with Gasteiger partial charge in [-0.3, -0.25) is 0 Å². The van der Waals surface area contributed by atoms with Crippen molar-refractivity contribution >= 4 is 21.4 Å². The second kappa shape index (κ2) is 2.88. The molecule has 3 aromatic rings. The lowest BCUT2D eigenvalue weighted by Crippen LogP contribution is -1.79. The second-order valence-corrected chi connectivity index (χ2v) is 3.86. The molecule has 2 aromatic heterocycles. The summed E-state index contributed by atoms with van der Waals surface area (Å²) in [4.78, 5) is 0. The van der Waals surface area contributed by atoms with Gasteiger partial charge < -0.3 is 0 Å². The van der Waals surface area contributed by atoms with Gasteiger partial charge >= 0.3 is 0 Å². The fourth-order valence-electron chi connectivity index (χ4n) is 1.39. The molecule has 0 saturated carbocycles. The number of rotatable bonds is 1. The van der Waals surface area contributed by atoms with Crippen molar-refractivity contribution in [1.82, 2.24) is 20.6 Å². The molecule has 3 rings (SSSR count). The zero-order valence-corrected chi connectivity index (χ0v) is 7.95. The lowest BCUT2D eigenvalue weighted by Gasteiger charge is -1.93. The zero-order valence-electron chi connectivity index (χ0n) is 7.14. The van der Waals surface area contributed by atoms with Crippen LogP contribution in [0, 0.1) is 0 Å². The van der Waals surface area contributed by atoms with Crippen LogP contribution in [0.1, 0.15) is 0 Å². The zero-order chi connectivity index (χ0) is 9.38. The van der Waals surface area contributed by atoms with Crippen molar-refractivity contribution in [2.75, 3.05) is 0 Å². The molecule has 0 saturated heterocycles. The first-order valence-corrected chi connectivity index (χ1v) is 5.02. The third-order valence-electron chi connectivity index (χ3n) is 2.06. The topological polar surface area (TPSA) is 54.5 Å². The van der Waals surface area contributed by atoms with Gasteiger partial charge in [-0.1, -0.05) is 0 Å². The molecule has 14 heavy (non-hydrogen) atoms. The summed E-state index contributed by atoms with van der Waals surface area (Å²) in [5.41, 5.74) is 0.990. The van der Waals surface area contributed by atoms with Crippen LogP contribution in [0.25, 0.3) is 21.5 Å². The van der Waals surface area contributed by atoms with Crippen LogP contribution in [-0.4, -0.2) is 20.6 Å². The number of tetrazole rings is 1. The maximum absolute atomic E-state index is 3.93. The summed E-state index contributed by atoms with van der Waals surface area (Å²) in [7, 11) is 0. The first-order chi connectivity index (χ1) is 6.93. The highest BCUT2D eigenvalue weighted by atomic mass is 32.1. The molecular weight excluding hydrogens is 196 g/mol. The number of nitrogens with zero attached hydrogens (tertiary/aromatic N) is 3. The van der Waals surface area contributed by atoms with Crippen molar-refractivity contribution in [3.8, 4) is 11.4 Å². The quantitative estimate of drug-likeness (QED) is 0.657. The number of hydrogen-bond donors (Lipinski definition) is 1. The molecule has 0 bridgehead atoms. The summed E-state index contributed by atoms with van der Waals surface area (Å²) in [6.45, 7) is 0. The Bertz CT molecular complexity index is 555. The number of nitrogens with one attached hydrogen (secondary N) is 1. The first kappa shape index (κ1) is 7.64. The summed E-state index contributed by atoms with van der Waals surface area (Å²) in [5, 5.41) is 17.1. The fourth-order valence-corrected chi connectivity index (χ4v) is 2.16. The second-order valence-electron chi connectivity index (χ2n) is 2.91. The van der Waals surface area contributed by atoms with Gasteiger partial charge in [0.1, 0.15) is 0 Å². The monoisotopic (exact) mass is 202 g/mol. The van der Waals surface area contributed by atoms with Gasteiger partial charge in [-0.2, -0.15) is 5.21 Å². The molecule has 0 fully saturated rings. The van der Waals surface area contributed by atoms with E-state index in [-0.39, 0.29) is 0 Å². The molecule has 0 radical (unpaired) electrons. The summed E-state index contributed by atoms with van der Waals surface area (Å²) < 4.78 is 1.28. The van der Waals surface area contributed by atoms with Crippen LogP contribution < -0.4 is 0 Å². The van der Waals surface area contributed by atoms with Crippen LogP contribution in [0.4, 0.5) is 0 Å². The SMILES string of the molecule is c1cc2cc(-c3nn[nH]n3)ccc2s1. The van der Waals surface area contributed by atoms with Gasteiger partial charge in [0.05, 0.1) is 0 Å². The lowest BCUT2D eigenvalue weighted by molar-refractivity contribution is 0.881. The molecule has 2 heterocycles. The van der Waals surface area contributed by atoms with Crippen molar-refractivity contribution in [2.45, 2.75) is 0 Å². The molecule has 1 N–H and O–H groups in total. The van der Waals surface area contributed by atoms with Crippen molar-refractivity contribution in [2.24, 2.45) is 0 Å². The van der Waals surface area contributed by atoms with Gasteiger partial charge in [-0.15, -0.1) is 21.5 Å². The van der Waals surface area contributed by atoms with Crippen LogP contribution in [-0.2, 0) is 0 Å². The number of thiophene rings is 1. The van der Waals surface area contributed by atoms with E-state index in [0.717, 1.165) is 5.56 Å². The molecule has 68 valence electrons.